The van der Waals surface area contributed by atoms with E-state index >= 15 is 0 Å². The summed E-state index contributed by atoms with van der Waals surface area (Å²) in [5, 5.41) is 24.6. The van der Waals surface area contributed by atoms with Gasteiger partial charge in [0.15, 0.2) is 0 Å². The van der Waals surface area contributed by atoms with E-state index in [9.17, 15) is 9.90 Å². The van der Waals surface area contributed by atoms with E-state index in [0.717, 1.165) is 11.1 Å². The SMILES string of the molecule is N#C/C(=C/NCc1ccccc1Cl)C(=O)NCCc1ccc(O)cc1. The third kappa shape index (κ3) is 5.87. The maximum atomic E-state index is 12.0. The second kappa shape index (κ2) is 9.36. The minimum Gasteiger partial charge on any atom is -0.508 e. The first-order valence-corrected chi connectivity index (χ1v) is 8.11. The number of halogens is 1. The summed E-state index contributed by atoms with van der Waals surface area (Å²) in [6, 6.07) is 16.0. The summed E-state index contributed by atoms with van der Waals surface area (Å²) in [7, 11) is 0. The first-order valence-electron chi connectivity index (χ1n) is 7.73. The second-order valence-electron chi connectivity index (χ2n) is 5.31. The van der Waals surface area contributed by atoms with Gasteiger partial charge >= 0.3 is 0 Å². The van der Waals surface area contributed by atoms with Crippen molar-refractivity contribution in [3.05, 3.63) is 76.5 Å². The van der Waals surface area contributed by atoms with E-state index in [1.807, 2.05) is 24.3 Å². The number of nitrogens with zero attached hydrogens (tertiary/aromatic N) is 1. The van der Waals surface area contributed by atoms with Crippen LogP contribution in [0.1, 0.15) is 11.1 Å². The number of nitriles is 1. The second-order valence-corrected chi connectivity index (χ2v) is 5.72. The molecule has 0 aliphatic heterocycles. The van der Waals surface area contributed by atoms with Gasteiger partial charge in [0, 0.05) is 24.3 Å². The van der Waals surface area contributed by atoms with Crippen LogP contribution in [0.4, 0.5) is 0 Å². The molecular formula is C19H18ClN3O2. The normalized spacial score (nSPS) is 10.8. The van der Waals surface area contributed by atoms with Crippen molar-refractivity contribution in [3.63, 3.8) is 0 Å². The Morgan fingerprint density at radius 2 is 1.92 bits per heavy atom. The van der Waals surface area contributed by atoms with Gasteiger partial charge in [-0.05, 0) is 35.7 Å². The molecule has 2 aromatic carbocycles. The Morgan fingerprint density at radius 3 is 2.60 bits per heavy atom. The quantitative estimate of drug-likeness (QED) is 0.526. The van der Waals surface area contributed by atoms with Crippen molar-refractivity contribution in [1.82, 2.24) is 10.6 Å². The average molecular weight is 356 g/mol. The van der Waals surface area contributed by atoms with Gasteiger partial charge in [-0.3, -0.25) is 4.79 Å². The first-order chi connectivity index (χ1) is 12.1. The number of rotatable bonds is 7. The van der Waals surface area contributed by atoms with Crippen molar-refractivity contribution < 1.29 is 9.90 Å². The molecule has 0 aliphatic carbocycles. The number of aromatic hydroxyl groups is 1. The van der Waals surface area contributed by atoms with E-state index in [1.165, 1.54) is 6.20 Å². The van der Waals surface area contributed by atoms with Crippen LogP contribution in [-0.4, -0.2) is 17.6 Å². The zero-order valence-corrected chi connectivity index (χ0v) is 14.3. The van der Waals surface area contributed by atoms with Gasteiger partial charge in [0.1, 0.15) is 17.4 Å². The first kappa shape index (κ1) is 18.4. The van der Waals surface area contributed by atoms with Gasteiger partial charge in [0.05, 0.1) is 0 Å². The molecule has 0 aliphatic rings. The number of nitrogens with one attached hydrogen (secondary N) is 2. The van der Waals surface area contributed by atoms with Crippen LogP contribution < -0.4 is 10.6 Å². The molecule has 0 unspecified atom stereocenters. The number of amides is 1. The zero-order valence-electron chi connectivity index (χ0n) is 13.5. The Balaban J connectivity index is 1.82. The number of carbonyl (C=O) groups excluding carboxylic acids is 1. The van der Waals surface area contributed by atoms with Crippen LogP contribution in [0.2, 0.25) is 5.02 Å². The van der Waals surface area contributed by atoms with Crippen molar-refractivity contribution in [1.29, 1.82) is 5.26 Å². The van der Waals surface area contributed by atoms with Gasteiger partial charge in [-0.25, -0.2) is 0 Å². The highest BCUT2D eigenvalue weighted by Gasteiger charge is 2.08. The molecule has 0 saturated heterocycles. The van der Waals surface area contributed by atoms with Crippen molar-refractivity contribution in [3.8, 4) is 11.8 Å². The monoisotopic (exact) mass is 355 g/mol. The third-order valence-electron chi connectivity index (χ3n) is 3.50. The minimum atomic E-state index is -0.437. The van der Waals surface area contributed by atoms with Crippen LogP contribution in [0.5, 0.6) is 5.75 Å². The molecule has 0 radical (unpaired) electrons. The number of phenols is 1. The molecule has 128 valence electrons. The molecule has 0 bridgehead atoms. The Bertz CT molecular complexity index is 795. The molecule has 2 rings (SSSR count). The van der Waals surface area contributed by atoms with Gasteiger partial charge in [0.25, 0.3) is 5.91 Å². The summed E-state index contributed by atoms with van der Waals surface area (Å²) in [6.07, 6.45) is 2.00. The lowest BCUT2D eigenvalue weighted by molar-refractivity contribution is -0.117. The molecule has 0 heterocycles. The van der Waals surface area contributed by atoms with Gasteiger partial charge < -0.3 is 15.7 Å². The molecule has 0 saturated carbocycles. The highest BCUT2D eigenvalue weighted by Crippen LogP contribution is 2.14. The fourth-order valence-corrected chi connectivity index (χ4v) is 2.33. The molecule has 2 aromatic rings. The molecule has 6 heteroatoms. The van der Waals surface area contributed by atoms with Gasteiger partial charge in [0.2, 0.25) is 0 Å². The van der Waals surface area contributed by atoms with Gasteiger partial charge in [-0.15, -0.1) is 0 Å². The third-order valence-corrected chi connectivity index (χ3v) is 3.87. The predicted molar refractivity (Wildman–Crippen MR) is 96.8 cm³/mol. The molecule has 3 N–H and O–H groups in total. The van der Waals surface area contributed by atoms with Crippen molar-refractivity contribution in [2.75, 3.05) is 6.54 Å². The Hall–Kier alpha value is -2.97. The molecule has 5 nitrogen and oxygen atoms in total. The van der Waals surface area contributed by atoms with E-state index in [4.69, 9.17) is 16.9 Å². The van der Waals surface area contributed by atoms with Gasteiger partial charge in [-0.1, -0.05) is 41.9 Å². The van der Waals surface area contributed by atoms with Crippen LogP contribution in [0.3, 0.4) is 0 Å². The van der Waals surface area contributed by atoms with E-state index in [1.54, 1.807) is 30.3 Å². The van der Waals surface area contributed by atoms with Crippen molar-refractivity contribution in [2.24, 2.45) is 0 Å². The lowest BCUT2D eigenvalue weighted by atomic mass is 10.1. The molecule has 1 amide bonds. The lowest BCUT2D eigenvalue weighted by Crippen LogP contribution is -2.27. The molecular weight excluding hydrogens is 338 g/mol. The van der Waals surface area contributed by atoms with E-state index in [-0.39, 0.29) is 11.3 Å². The van der Waals surface area contributed by atoms with E-state index in [2.05, 4.69) is 10.6 Å². The van der Waals surface area contributed by atoms with Crippen molar-refractivity contribution in [2.45, 2.75) is 13.0 Å². The predicted octanol–water partition coefficient (Wildman–Crippen LogP) is 2.90. The Kier molecular flexibility index (Phi) is 6.87. The van der Waals surface area contributed by atoms with Crippen LogP contribution in [0.25, 0.3) is 0 Å². The summed E-state index contributed by atoms with van der Waals surface area (Å²) in [5.74, 6) is -0.236. The van der Waals surface area contributed by atoms with Crippen LogP contribution in [0.15, 0.2) is 60.3 Å². The zero-order chi connectivity index (χ0) is 18.1. The number of hydrogen-bond acceptors (Lipinski definition) is 4. The average Bonchev–Trinajstić information content (AvgIpc) is 2.62. The Labute approximate surface area is 151 Å². The maximum Gasteiger partial charge on any atom is 0.263 e. The largest absolute Gasteiger partial charge is 0.508 e. The lowest BCUT2D eigenvalue weighted by Gasteiger charge is -2.06. The highest BCUT2D eigenvalue weighted by atomic mass is 35.5. The summed E-state index contributed by atoms with van der Waals surface area (Å²) in [5.41, 5.74) is 1.86. The Morgan fingerprint density at radius 1 is 1.20 bits per heavy atom. The molecule has 0 spiro atoms. The summed E-state index contributed by atoms with van der Waals surface area (Å²) >= 11 is 6.05. The summed E-state index contributed by atoms with van der Waals surface area (Å²) < 4.78 is 0. The summed E-state index contributed by atoms with van der Waals surface area (Å²) in [4.78, 5) is 12.0. The highest BCUT2D eigenvalue weighted by molar-refractivity contribution is 6.31. The van der Waals surface area contributed by atoms with Gasteiger partial charge in [-0.2, -0.15) is 5.26 Å². The topological polar surface area (TPSA) is 85.2 Å². The standard InChI is InChI=1S/C19H18ClN3O2/c20-18-4-2-1-3-15(18)12-22-13-16(11-21)19(25)23-10-9-14-5-7-17(24)8-6-14/h1-8,13,22,24H,9-10,12H2,(H,23,25)/b16-13-. The smallest absolute Gasteiger partial charge is 0.263 e. The van der Waals surface area contributed by atoms with Crippen LogP contribution in [-0.2, 0) is 17.8 Å². The fraction of sp³-hybridized carbons (Fsp3) is 0.158. The number of benzene rings is 2. The maximum absolute atomic E-state index is 12.0. The number of phenolic OH excluding ortho intramolecular Hbond substituents is 1. The number of hydrogen-bond donors (Lipinski definition) is 3. The van der Waals surface area contributed by atoms with E-state index in [0.29, 0.717) is 24.5 Å². The molecule has 0 aromatic heterocycles. The van der Waals surface area contributed by atoms with E-state index < -0.39 is 5.91 Å². The molecule has 0 fully saturated rings. The number of carbonyl (C=O) groups is 1. The molecule has 0 atom stereocenters. The van der Waals surface area contributed by atoms with Crippen LogP contribution >= 0.6 is 11.6 Å². The fourth-order valence-electron chi connectivity index (χ4n) is 2.13. The minimum absolute atomic E-state index is 0.00207. The van der Waals surface area contributed by atoms with Crippen molar-refractivity contribution >= 4 is 17.5 Å². The molecule has 25 heavy (non-hydrogen) atoms. The summed E-state index contributed by atoms with van der Waals surface area (Å²) in [6.45, 7) is 0.818. The van der Waals surface area contributed by atoms with Crippen LogP contribution in [0, 0.1) is 11.3 Å².